The number of carbonyl (C=O) groups is 2. The third-order valence-electron chi connectivity index (χ3n) is 4.50. The summed E-state index contributed by atoms with van der Waals surface area (Å²) in [6.07, 6.45) is 2.08. The predicted molar refractivity (Wildman–Crippen MR) is 96.0 cm³/mol. The zero-order chi connectivity index (χ0) is 19.2. The number of tetrazole rings is 1. The summed E-state index contributed by atoms with van der Waals surface area (Å²) in [6, 6.07) is 7.20. The molecule has 1 fully saturated rings. The van der Waals surface area contributed by atoms with Gasteiger partial charge >= 0.3 is 5.97 Å². The number of aromatic nitrogens is 4. The number of esters is 1. The zero-order valence-corrected chi connectivity index (χ0v) is 15.5. The Bertz CT molecular complexity index is 807. The molecule has 9 nitrogen and oxygen atoms in total. The molecule has 0 bridgehead atoms. The smallest absolute Gasteiger partial charge is 0.311 e. The average Bonchev–Trinajstić information content (AvgIpc) is 3.30. The first-order valence-corrected chi connectivity index (χ1v) is 8.98. The second-order valence-corrected chi connectivity index (χ2v) is 6.39. The Balaban J connectivity index is 1.58. The fraction of sp³-hybridized carbons (Fsp3) is 0.500. The molecule has 1 saturated heterocycles. The summed E-state index contributed by atoms with van der Waals surface area (Å²) in [5.74, 6) is 0.122. The van der Waals surface area contributed by atoms with Gasteiger partial charge in [0.15, 0.2) is 12.4 Å². The molecule has 1 aromatic heterocycles. The van der Waals surface area contributed by atoms with Crippen molar-refractivity contribution in [1.82, 2.24) is 20.2 Å². The van der Waals surface area contributed by atoms with Crippen molar-refractivity contribution in [3.8, 4) is 5.75 Å². The topological polar surface area (TPSA) is 99.4 Å². The van der Waals surface area contributed by atoms with Crippen molar-refractivity contribution in [3.63, 3.8) is 0 Å². The first-order valence-electron chi connectivity index (χ1n) is 8.98. The number of ether oxygens (including phenoxy) is 2. The Hall–Kier alpha value is -2.97. The number of benzene rings is 1. The van der Waals surface area contributed by atoms with Crippen LogP contribution >= 0.6 is 0 Å². The Morgan fingerprint density at radius 2 is 2.22 bits per heavy atom. The maximum atomic E-state index is 12.4. The highest BCUT2D eigenvalue weighted by Crippen LogP contribution is 2.28. The molecule has 9 heteroatoms. The van der Waals surface area contributed by atoms with Crippen LogP contribution in [0.1, 0.15) is 32.0 Å². The normalized spacial score (nSPS) is 16.6. The molecule has 0 spiro atoms. The van der Waals surface area contributed by atoms with E-state index < -0.39 is 11.9 Å². The highest BCUT2D eigenvalue weighted by molar-refractivity contribution is 5.99. The van der Waals surface area contributed by atoms with Gasteiger partial charge in [0.25, 0.3) is 0 Å². The van der Waals surface area contributed by atoms with E-state index >= 15 is 0 Å². The monoisotopic (exact) mass is 373 g/mol. The van der Waals surface area contributed by atoms with E-state index in [2.05, 4.69) is 22.4 Å². The lowest BCUT2D eigenvalue weighted by atomic mass is 10.1. The summed E-state index contributed by atoms with van der Waals surface area (Å²) >= 11 is 0. The molecular formula is C18H23N5O4. The van der Waals surface area contributed by atoms with Gasteiger partial charge in [-0.2, -0.15) is 0 Å². The largest absolute Gasteiger partial charge is 0.497 e. The molecule has 3 rings (SSSR count). The summed E-state index contributed by atoms with van der Waals surface area (Å²) < 4.78 is 12.2. The third-order valence-corrected chi connectivity index (χ3v) is 4.50. The Morgan fingerprint density at radius 1 is 1.37 bits per heavy atom. The maximum absolute atomic E-state index is 12.4. The summed E-state index contributed by atoms with van der Waals surface area (Å²) in [5, 5.41) is 11.4. The van der Waals surface area contributed by atoms with E-state index in [9.17, 15) is 9.59 Å². The van der Waals surface area contributed by atoms with Crippen LogP contribution in [-0.4, -0.2) is 45.7 Å². The van der Waals surface area contributed by atoms with Crippen LogP contribution in [0.2, 0.25) is 0 Å². The summed E-state index contributed by atoms with van der Waals surface area (Å²) in [5.41, 5.74) is 0.707. The molecule has 0 N–H and O–H groups in total. The van der Waals surface area contributed by atoms with Crippen molar-refractivity contribution in [2.75, 3.05) is 18.6 Å². The van der Waals surface area contributed by atoms with Crippen LogP contribution in [0.25, 0.3) is 0 Å². The minimum Gasteiger partial charge on any atom is -0.497 e. The van der Waals surface area contributed by atoms with Gasteiger partial charge in [-0.25, -0.2) is 4.68 Å². The zero-order valence-electron chi connectivity index (χ0n) is 15.5. The lowest BCUT2D eigenvalue weighted by molar-refractivity contribution is -0.150. The molecule has 1 atom stereocenters. The molecular weight excluding hydrogens is 350 g/mol. The van der Waals surface area contributed by atoms with Crippen LogP contribution < -0.4 is 9.64 Å². The molecule has 1 amide bonds. The molecule has 0 radical (unpaired) electrons. The number of unbranched alkanes of at least 4 members (excludes halogenated alkanes) is 1. The van der Waals surface area contributed by atoms with Crippen LogP contribution in [0.3, 0.4) is 0 Å². The van der Waals surface area contributed by atoms with E-state index in [4.69, 9.17) is 9.47 Å². The SMILES string of the molecule is CCCCn1nnnc1COC(=O)C1CC(=O)N(c2cccc(OC)c2)C1. The summed E-state index contributed by atoms with van der Waals surface area (Å²) in [4.78, 5) is 26.3. The molecule has 1 aromatic carbocycles. The van der Waals surface area contributed by atoms with Gasteiger partial charge in [-0.05, 0) is 29.0 Å². The van der Waals surface area contributed by atoms with E-state index in [1.54, 1.807) is 28.8 Å². The fourth-order valence-corrected chi connectivity index (χ4v) is 2.96. The average molecular weight is 373 g/mol. The number of aryl methyl sites for hydroxylation is 1. The molecule has 2 heterocycles. The first-order chi connectivity index (χ1) is 13.1. The van der Waals surface area contributed by atoms with Crippen LogP contribution in [0.5, 0.6) is 5.75 Å². The Labute approximate surface area is 157 Å². The van der Waals surface area contributed by atoms with Crippen molar-refractivity contribution in [3.05, 3.63) is 30.1 Å². The van der Waals surface area contributed by atoms with Gasteiger partial charge in [0, 0.05) is 31.3 Å². The van der Waals surface area contributed by atoms with Gasteiger partial charge in [-0.15, -0.1) is 5.10 Å². The van der Waals surface area contributed by atoms with Crippen LogP contribution in [0, 0.1) is 5.92 Å². The van der Waals surface area contributed by atoms with E-state index in [0.29, 0.717) is 23.8 Å². The van der Waals surface area contributed by atoms with E-state index in [0.717, 1.165) is 12.8 Å². The standard InChI is InChI=1S/C18H23N5O4/c1-3-4-8-23-16(19-20-21-23)12-27-18(25)13-9-17(24)22(11-13)14-6-5-7-15(10-14)26-2/h5-7,10,13H,3-4,8-9,11-12H2,1-2H3. The number of hydrogen-bond acceptors (Lipinski definition) is 7. The predicted octanol–water partition coefficient (Wildman–Crippen LogP) is 1.58. The highest BCUT2D eigenvalue weighted by atomic mass is 16.5. The molecule has 1 unspecified atom stereocenters. The fourth-order valence-electron chi connectivity index (χ4n) is 2.96. The Morgan fingerprint density at radius 3 is 3.00 bits per heavy atom. The van der Waals surface area contributed by atoms with Crippen molar-refractivity contribution in [2.45, 2.75) is 39.3 Å². The van der Waals surface area contributed by atoms with Crippen molar-refractivity contribution < 1.29 is 19.1 Å². The number of amides is 1. The van der Waals surface area contributed by atoms with E-state index in [1.165, 1.54) is 0 Å². The van der Waals surface area contributed by atoms with Gasteiger partial charge in [-0.3, -0.25) is 9.59 Å². The molecule has 2 aromatic rings. The number of hydrogen-bond donors (Lipinski definition) is 0. The molecule has 144 valence electrons. The number of methoxy groups -OCH3 is 1. The van der Waals surface area contributed by atoms with E-state index in [-0.39, 0.29) is 25.5 Å². The quantitative estimate of drug-likeness (QED) is 0.648. The van der Waals surface area contributed by atoms with Gasteiger partial charge < -0.3 is 14.4 Å². The lowest BCUT2D eigenvalue weighted by Crippen LogP contribution is -2.26. The number of anilines is 1. The molecule has 0 aliphatic carbocycles. The Kier molecular flexibility index (Phi) is 6.00. The van der Waals surface area contributed by atoms with Gasteiger partial charge in [-0.1, -0.05) is 19.4 Å². The number of rotatable bonds is 8. The van der Waals surface area contributed by atoms with Gasteiger partial charge in [0.05, 0.1) is 13.0 Å². The van der Waals surface area contributed by atoms with Crippen molar-refractivity contribution in [1.29, 1.82) is 0 Å². The van der Waals surface area contributed by atoms with E-state index in [1.807, 2.05) is 12.1 Å². The molecule has 1 aliphatic rings. The molecule has 0 saturated carbocycles. The second kappa shape index (κ2) is 8.61. The lowest BCUT2D eigenvalue weighted by Gasteiger charge is -2.17. The minimum absolute atomic E-state index is 0.000597. The van der Waals surface area contributed by atoms with Crippen LogP contribution in [0.15, 0.2) is 24.3 Å². The summed E-state index contributed by atoms with van der Waals surface area (Å²) in [6.45, 7) is 3.04. The van der Waals surface area contributed by atoms with Gasteiger partial charge in [0.1, 0.15) is 5.75 Å². The van der Waals surface area contributed by atoms with Crippen LogP contribution in [0.4, 0.5) is 5.69 Å². The minimum atomic E-state index is -0.510. The third kappa shape index (κ3) is 4.42. The maximum Gasteiger partial charge on any atom is 0.311 e. The first kappa shape index (κ1) is 18.8. The van der Waals surface area contributed by atoms with Crippen molar-refractivity contribution >= 4 is 17.6 Å². The molecule has 1 aliphatic heterocycles. The van der Waals surface area contributed by atoms with Crippen LogP contribution in [-0.2, 0) is 27.5 Å². The second-order valence-electron chi connectivity index (χ2n) is 6.39. The van der Waals surface area contributed by atoms with Gasteiger partial charge in [0.2, 0.25) is 5.91 Å². The summed E-state index contributed by atoms with van der Waals surface area (Å²) in [7, 11) is 1.57. The number of nitrogens with zero attached hydrogens (tertiary/aromatic N) is 5. The molecule has 27 heavy (non-hydrogen) atoms. The van der Waals surface area contributed by atoms with Crippen molar-refractivity contribution in [2.24, 2.45) is 5.92 Å². The highest BCUT2D eigenvalue weighted by Gasteiger charge is 2.36. The number of carbonyl (C=O) groups excluding carboxylic acids is 2.